The Labute approximate surface area is 82.2 Å². The molecule has 1 aromatic carbocycles. The molecule has 0 spiro atoms. The summed E-state index contributed by atoms with van der Waals surface area (Å²) in [5.74, 6) is 0. The van der Waals surface area contributed by atoms with Crippen molar-refractivity contribution < 1.29 is 5.11 Å². The van der Waals surface area contributed by atoms with Crippen LogP contribution in [0.2, 0.25) is 0 Å². The summed E-state index contributed by atoms with van der Waals surface area (Å²) in [7, 11) is 1.10. The third-order valence-corrected chi connectivity index (χ3v) is 3.69. The van der Waals surface area contributed by atoms with Gasteiger partial charge in [0.05, 0.1) is 5.60 Å². The zero-order chi connectivity index (χ0) is 9.31. The van der Waals surface area contributed by atoms with Crippen LogP contribution < -0.4 is 5.19 Å². The van der Waals surface area contributed by atoms with Crippen LogP contribution in [0.5, 0.6) is 0 Å². The standard InChI is InChI=1S/C11H16OSi/c12-11(7-1-2-8-11)9-3-5-10(13)6-4-9/h3-6,12H,1-2,7-8H2,13H3. The second-order valence-corrected chi connectivity index (χ2v) is 5.26. The second kappa shape index (κ2) is 3.27. The molecule has 0 atom stereocenters. The molecule has 0 aliphatic heterocycles. The number of rotatable bonds is 1. The van der Waals surface area contributed by atoms with Crippen molar-refractivity contribution >= 4 is 15.4 Å². The van der Waals surface area contributed by atoms with Crippen molar-refractivity contribution in [1.29, 1.82) is 0 Å². The molecule has 1 fully saturated rings. The molecule has 1 nitrogen and oxygen atoms in total. The maximum Gasteiger partial charge on any atom is 0.0896 e. The molecular weight excluding hydrogens is 176 g/mol. The lowest BCUT2D eigenvalue weighted by atomic mass is 9.92. The number of benzene rings is 1. The van der Waals surface area contributed by atoms with Crippen molar-refractivity contribution in [3.05, 3.63) is 29.8 Å². The predicted octanol–water partition coefficient (Wildman–Crippen LogP) is 0.439. The molecule has 0 saturated heterocycles. The van der Waals surface area contributed by atoms with Gasteiger partial charge in [-0.05, 0) is 18.4 Å². The Bertz CT molecular complexity index is 285. The smallest absolute Gasteiger partial charge is 0.0896 e. The van der Waals surface area contributed by atoms with E-state index in [1.54, 1.807) is 0 Å². The molecule has 1 saturated carbocycles. The molecule has 1 aliphatic carbocycles. The van der Waals surface area contributed by atoms with Gasteiger partial charge in [-0.25, -0.2) is 0 Å². The predicted molar refractivity (Wildman–Crippen MR) is 58.4 cm³/mol. The van der Waals surface area contributed by atoms with E-state index in [4.69, 9.17) is 0 Å². The highest BCUT2D eigenvalue weighted by Gasteiger charge is 2.32. The fraction of sp³-hybridized carbons (Fsp3) is 0.455. The molecule has 0 heterocycles. The normalized spacial score (nSPS) is 20.7. The van der Waals surface area contributed by atoms with Crippen molar-refractivity contribution in [2.24, 2.45) is 0 Å². The average Bonchev–Trinajstić information content (AvgIpc) is 2.54. The van der Waals surface area contributed by atoms with Gasteiger partial charge in [-0.15, -0.1) is 0 Å². The van der Waals surface area contributed by atoms with Crippen molar-refractivity contribution in [3.8, 4) is 0 Å². The Kier molecular flexibility index (Phi) is 2.26. The Morgan fingerprint density at radius 2 is 1.62 bits per heavy atom. The van der Waals surface area contributed by atoms with E-state index in [1.807, 2.05) is 0 Å². The van der Waals surface area contributed by atoms with E-state index in [1.165, 1.54) is 18.0 Å². The van der Waals surface area contributed by atoms with E-state index in [9.17, 15) is 5.11 Å². The summed E-state index contributed by atoms with van der Waals surface area (Å²) in [6.45, 7) is 0. The Balaban J connectivity index is 2.29. The first kappa shape index (κ1) is 8.97. The van der Waals surface area contributed by atoms with E-state index >= 15 is 0 Å². The molecule has 0 unspecified atom stereocenters. The van der Waals surface area contributed by atoms with Gasteiger partial charge in [0.1, 0.15) is 0 Å². The maximum absolute atomic E-state index is 10.3. The molecule has 2 heteroatoms. The average molecular weight is 192 g/mol. The molecule has 0 aromatic heterocycles. The first-order valence-electron chi connectivity index (χ1n) is 5.00. The molecule has 70 valence electrons. The highest BCUT2D eigenvalue weighted by atomic mass is 28.1. The van der Waals surface area contributed by atoms with E-state index in [2.05, 4.69) is 24.3 Å². The fourth-order valence-corrected chi connectivity index (χ4v) is 2.45. The van der Waals surface area contributed by atoms with Gasteiger partial charge in [0.15, 0.2) is 0 Å². The third kappa shape index (κ3) is 1.69. The monoisotopic (exact) mass is 192 g/mol. The minimum absolute atomic E-state index is 0.505. The van der Waals surface area contributed by atoms with Crippen molar-refractivity contribution in [2.75, 3.05) is 0 Å². The SMILES string of the molecule is OC1(c2ccc([SiH3])cc2)CCCC1. The lowest BCUT2D eigenvalue weighted by Crippen LogP contribution is -2.21. The molecule has 0 amide bonds. The summed E-state index contributed by atoms with van der Waals surface area (Å²) in [6, 6.07) is 8.46. The van der Waals surface area contributed by atoms with Crippen molar-refractivity contribution in [2.45, 2.75) is 31.3 Å². The quantitative estimate of drug-likeness (QED) is 0.640. The van der Waals surface area contributed by atoms with E-state index in [0.717, 1.165) is 28.6 Å². The fourth-order valence-electron chi connectivity index (χ4n) is 2.11. The molecule has 0 bridgehead atoms. The Morgan fingerprint density at radius 1 is 1.08 bits per heavy atom. The summed E-state index contributed by atoms with van der Waals surface area (Å²) in [6.07, 6.45) is 4.21. The van der Waals surface area contributed by atoms with Gasteiger partial charge >= 0.3 is 0 Å². The van der Waals surface area contributed by atoms with Crippen LogP contribution in [-0.2, 0) is 5.60 Å². The summed E-state index contributed by atoms with van der Waals surface area (Å²) >= 11 is 0. The molecule has 13 heavy (non-hydrogen) atoms. The summed E-state index contributed by atoms with van der Waals surface area (Å²) in [4.78, 5) is 0. The number of hydrogen-bond donors (Lipinski definition) is 1. The summed E-state index contributed by atoms with van der Waals surface area (Å²) in [5.41, 5.74) is 0.611. The highest BCUT2D eigenvalue weighted by molar-refractivity contribution is 6.32. The van der Waals surface area contributed by atoms with Crippen LogP contribution >= 0.6 is 0 Å². The first-order valence-corrected chi connectivity index (χ1v) is 6.00. The molecule has 1 aromatic rings. The van der Waals surface area contributed by atoms with Gasteiger partial charge in [-0.2, -0.15) is 0 Å². The van der Waals surface area contributed by atoms with Crippen LogP contribution in [0.1, 0.15) is 31.2 Å². The second-order valence-electron chi connectivity index (χ2n) is 4.10. The lowest BCUT2D eigenvalue weighted by molar-refractivity contribution is 0.0445. The topological polar surface area (TPSA) is 20.2 Å². The van der Waals surface area contributed by atoms with Crippen LogP contribution in [-0.4, -0.2) is 15.3 Å². The van der Waals surface area contributed by atoms with E-state index < -0.39 is 5.60 Å². The number of aliphatic hydroxyl groups is 1. The molecule has 1 N–H and O–H groups in total. The van der Waals surface area contributed by atoms with Gasteiger partial charge < -0.3 is 5.11 Å². The maximum atomic E-state index is 10.3. The van der Waals surface area contributed by atoms with E-state index in [-0.39, 0.29) is 0 Å². The summed E-state index contributed by atoms with van der Waals surface area (Å²) < 4.78 is 0. The molecular formula is C11H16OSi. The van der Waals surface area contributed by atoms with Crippen molar-refractivity contribution in [3.63, 3.8) is 0 Å². The van der Waals surface area contributed by atoms with Gasteiger partial charge in [-0.3, -0.25) is 0 Å². The van der Waals surface area contributed by atoms with Crippen LogP contribution in [0.25, 0.3) is 0 Å². The van der Waals surface area contributed by atoms with Crippen molar-refractivity contribution in [1.82, 2.24) is 0 Å². The third-order valence-electron chi connectivity index (χ3n) is 3.02. The zero-order valence-corrected chi connectivity index (χ0v) is 10.1. The largest absolute Gasteiger partial charge is 0.385 e. The van der Waals surface area contributed by atoms with Gasteiger partial charge in [0.2, 0.25) is 0 Å². The van der Waals surface area contributed by atoms with Gasteiger partial charge in [0.25, 0.3) is 0 Å². The Hall–Kier alpha value is -0.603. The van der Waals surface area contributed by atoms with Gasteiger partial charge in [-0.1, -0.05) is 42.3 Å². The summed E-state index contributed by atoms with van der Waals surface area (Å²) in [5, 5.41) is 11.7. The van der Waals surface area contributed by atoms with Crippen LogP contribution in [0, 0.1) is 0 Å². The van der Waals surface area contributed by atoms with Crippen LogP contribution in [0.4, 0.5) is 0 Å². The zero-order valence-electron chi connectivity index (χ0n) is 8.09. The Morgan fingerprint density at radius 3 is 2.15 bits per heavy atom. The van der Waals surface area contributed by atoms with Gasteiger partial charge in [0, 0.05) is 10.2 Å². The van der Waals surface area contributed by atoms with E-state index in [0.29, 0.717) is 0 Å². The number of hydrogen-bond acceptors (Lipinski definition) is 1. The molecule has 1 aliphatic rings. The van der Waals surface area contributed by atoms with Crippen LogP contribution in [0.3, 0.4) is 0 Å². The lowest BCUT2D eigenvalue weighted by Gasteiger charge is -2.22. The molecule has 2 rings (SSSR count). The van der Waals surface area contributed by atoms with Crippen LogP contribution in [0.15, 0.2) is 24.3 Å². The molecule has 0 radical (unpaired) electrons. The minimum atomic E-state index is -0.505. The highest BCUT2D eigenvalue weighted by Crippen LogP contribution is 2.37. The first-order chi connectivity index (χ1) is 6.21. The minimum Gasteiger partial charge on any atom is -0.385 e.